The van der Waals surface area contributed by atoms with Gasteiger partial charge in [-0.1, -0.05) is 25.5 Å². The number of anilines is 1. The van der Waals surface area contributed by atoms with Crippen LogP contribution in [0, 0.1) is 0 Å². The van der Waals surface area contributed by atoms with Gasteiger partial charge in [0, 0.05) is 12.1 Å². The zero-order chi connectivity index (χ0) is 15.0. The summed E-state index contributed by atoms with van der Waals surface area (Å²) in [6.45, 7) is 2.07. The molecule has 0 atom stereocenters. The van der Waals surface area contributed by atoms with Crippen LogP contribution in [0.2, 0.25) is 0 Å². The molecular formula is C15H18F3NO. The second kappa shape index (κ2) is 7.72. The summed E-state index contributed by atoms with van der Waals surface area (Å²) in [5.74, 6) is -0.203. The molecule has 1 N–H and O–H groups in total. The normalized spacial score (nSPS) is 11.8. The van der Waals surface area contributed by atoms with Gasteiger partial charge in [0.05, 0.1) is 5.56 Å². The minimum atomic E-state index is -4.35. The number of nitrogens with one attached hydrogen (secondary N) is 1. The summed E-state index contributed by atoms with van der Waals surface area (Å²) in [5.41, 5.74) is -0.349. The van der Waals surface area contributed by atoms with Crippen LogP contribution in [0.1, 0.15) is 38.2 Å². The lowest BCUT2D eigenvalue weighted by Crippen LogP contribution is -2.11. The van der Waals surface area contributed by atoms with Gasteiger partial charge in [-0.25, -0.2) is 0 Å². The number of unbranched alkanes of at least 4 members (excludes halogenated alkanes) is 1. The average molecular weight is 285 g/mol. The summed E-state index contributed by atoms with van der Waals surface area (Å²) in [7, 11) is 0. The Kier molecular flexibility index (Phi) is 6.28. The molecule has 2 nitrogen and oxygen atoms in total. The minimum absolute atomic E-state index is 0.203. The molecule has 20 heavy (non-hydrogen) atoms. The van der Waals surface area contributed by atoms with E-state index in [4.69, 9.17) is 0 Å². The molecule has 5 heteroatoms. The second-order valence-electron chi connectivity index (χ2n) is 4.42. The highest BCUT2D eigenvalue weighted by Crippen LogP contribution is 2.29. The molecular weight excluding hydrogens is 267 g/mol. The number of amides is 1. The third-order valence-corrected chi connectivity index (χ3v) is 2.66. The van der Waals surface area contributed by atoms with E-state index in [1.54, 1.807) is 0 Å². The lowest BCUT2D eigenvalue weighted by molar-refractivity contribution is -0.137. The van der Waals surface area contributed by atoms with Crippen LogP contribution in [0.5, 0.6) is 0 Å². The van der Waals surface area contributed by atoms with Crippen LogP contribution in [-0.4, -0.2) is 5.91 Å². The van der Waals surface area contributed by atoms with E-state index in [1.807, 2.05) is 12.2 Å². The fourth-order valence-electron chi connectivity index (χ4n) is 1.58. The summed E-state index contributed by atoms with van der Waals surface area (Å²) in [6.07, 6.45) is 2.61. The molecule has 1 aromatic carbocycles. The SMILES string of the molecule is CCC/C=C/CCC(=O)Nc1ccc(C(F)(F)F)cc1. The molecule has 0 saturated heterocycles. The van der Waals surface area contributed by atoms with Crippen molar-refractivity contribution in [2.24, 2.45) is 0 Å². The van der Waals surface area contributed by atoms with E-state index in [0.717, 1.165) is 25.0 Å². The van der Waals surface area contributed by atoms with Gasteiger partial charge in [-0.05, 0) is 37.1 Å². The Morgan fingerprint density at radius 2 is 1.75 bits per heavy atom. The molecule has 0 unspecified atom stereocenters. The van der Waals surface area contributed by atoms with E-state index in [1.165, 1.54) is 12.1 Å². The molecule has 0 saturated carbocycles. The Labute approximate surface area is 116 Å². The molecule has 0 aromatic heterocycles. The first-order valence-electron chi connectivity index (χ1n) is 6.55. The number of halogens is 3. The van der Waals surface area contributed by atoms with Crippen molar-refractivity contribution in [2.45, 2.75) is 38.8 Å². The number of rotatable bonds is 6. The van der Waals surface area contributed by atoms with Crippen molar-refractivity contribution in [3.63, 3.8) is 0 Å². The molecule has 0 aliphatic rings. The van der Waals surface area contributed by atoms with Crippen molar-refractivity contribution in [2.75, 3.05) is 5.32 Å². The molecule has 0 bridgehead atoms. The van der Waals surface area contributed by atoms with E-state index in [2.05, 4.69) is 12.2 Å². The molecule has 0 spiro atoms. The van der Waals surface area contributed by atoms with Crippen LogP contribution >= 0.6 is 0 Å². The maximum absolute atomic E-state index is 12.4. The van der Waals surface area contributed by atoms with Crippen molar-refractivity contribution in [3.05, 3.63) is 42.0 Å². The Balaban J connectivity index is 2.42. The maximum Gasteiger partial charge on any atom is 0.416 e. The predicted molar refractivity (Wildman–Crippen MR) is 73.4 cm³/mol. The number of carbonyl (C=O) groups excluding carboxylic acids is 1. The van der Waals surface area contributed by atoms with Crippen molar-refractivity contribution >= 4 is 11.6 Å². The molecule has 1 aromatic rings. The summed E-state index contributed by atoms with van der Waals surface area (Å²) in [6, 6.07) is 4.43. The summed E-state index contributed by atoms with van der Waals surface area (Å²) < 4.78 is 37.1. The standard InChI is InChI=1S/C15H18F3NO/c1-2-3-4-5-6-7-14(20)19-13-10-8-12(9-11-13)15(16,17)18/h4-5,8-11H,2-3,6-7H2,1H3,(H,19,20)/b5-4+. The van der Waals surface area contributed by atoms with Crippen LogP contribution in [0.15, 0.2) is 36.4 Å². The van der Waals surface area contributed by atoms with E-state index in [9.17, 15) is 18.0 Å². The van der Waals surface area contributed by atoms with E-state index in [0.29, 0.717) is 18.5 Å². The fourth-order valence-corrected chi connectivity index (χ4v) is 1.58. The van der Waals surface area contributed by atoms with Crippen molar-refractivity contribution in [3.8, 4) is 0 Å². The molecule has 0 aliphatic carbocycles. The van der Waals surface area contributed by atoms with Crippen LogP contribution in [0.3, 0.4) is 0 Å². The van der Waals surface area contributed by atoms with E-state index < -0.39 is 11.7 Å². The monoisotopic (exact) mass is 285 g/mol. The first-order chi connectivity index (χ1) is 9.43. The van der Waals surface area contributed by atoms with Crippen molar-refractivity contribution in [1.82, 2.24) is 0 Å². The Bertz CT molecular complexity index is 449. The molecule has 1 amide bonds. The molecule has 0 heterocycles. The Morgan fingerprint density at radius 3 is 2.30 bits per heavy atom. The van der Waals surface area contributed by atoms with E-state index in [-0.39, 0.29) is 5.91 Å². The van der Waals surface area contributed by atoms with Gasteiger partial charge in [0.25, 0.3) is 0 Å². The number of hydrogen-bond acceptors (Lipinski definition) is 1. The predicted octanol–water partition coefficient (Wildman–Crippen LogP) is 4.78. The summed E-state index contributed by atoms with van der Waals surface area (Å²) in [5, 5.41) is 2.57. The topological polar surface area (TPSA) is 29.1 Å². The molecule has 0 radical (unpaired) electrons. The Morgan fingerprint density at radius 1 is 1.15 bits per heavy atom. The first-order valence-corrected chi connectivity index (χ1v) is 6.55. The van der Waals surface area contributed by atoms with Gasteiger partial charge in [-0.15, -0.1) is 0 Å². The van der Waals surface area contributed by atoms with Gasteiger partial charge >= 0.3 is 6.18 Å². The highest BCUT2D eigenvalue weighted by atomic mass is 19.4. The van der Waals surface area contributed by atoms with Crippen LogP contribution in [0.25, 0.3) is 0 Å². The summed E-state index contributed by atoms with van der Waals surface area (Å²) in [4.78, 5) is 11.6. The zero-order valence-corrected chi connectivity index (χ0v) is 11.3. The lowest BCUT2D eigenvalue weighted by atomic mass is 10.2. The van der Waals surface area contributed by atoms with Crippen molar-refractivity contribution in [1.29, 1.82) is 0 Å². The number of alkyl halides is 3. The van der Waals surface area contributed by atoms with Gasteiger partial charge in [-0.3, -0.25) is 4.79 Å². The third-order valence-electron chi connectivity index (χ3n) is 2.66. The number of hydrogen-bond donors (Lipinski definition) is 1. The quantitative estimate of drug-likeness (QED) is 0.749. The van der Waals surface area contributed by atoms with Gasteiger partial charge in [-0.2, -0.15) is 13.2 Å². The maximum atomic E-state index is 12.4. The summed E-state index contributed by atoms with van der Waals surface area (Å²) >= 11 is 0. The number of allylic oxidation sites excluding steroid dienone is 2. The van der Waals surface area contributed by atoms with Crippen LogP contribution in [-0.2, 0) is 11.0 Å². The first kappa shape index (κ1) is 16.3. The largest absolute Gasteiger partial charge is 0.416 e. The van der Waals surface area contributed by atoms with Crippen LogP contribution in [0.4, 0.5) is 18.9 Å². The highest BCUT2D eigenvalue weighted by Gasteiger charge is 2.29. The zero-order valence-electron chi connectivity index (χ0n) is 11.3. The third kappa shape index (κ3) is 5.91. The van der Waals surface area contributed by atoms with Crippen molar-refractivity contribution < 1.29 is 18.0 Å². The van der Waals surface area contributed by atoms with Gasteiger partial charge in [0.2, 0.25) is 5.91 Å². The molecule has 1 rings (SSSR count). The lowest BCUT2D eigenvalue weighted by Gasteiger charge is -2.08. The van der Waals surface area contributed by atoms with Crippen LogP contribution < -0.4 is 5.32 Å². The smallest absolute Gasteiger partial charge is 0.326 e. The van der Waals surface area contributed by atoms with E-state index >= 15 is 0 Å². The van der Waals surface area contributed by atoms with Gasteiger partial charge in [0.15, 0.2) is 0 Å². The molecule has 110 valence electrons. The highest BCUT2D eigenvalue weighted by molar-refractivity contribution is 5.90. The average Bonchev–Trinajstić information content (AvgIpc) is 2.38. The van der Waals surface area contributed by atoms with Gasteiger partial charge in [0.1, 0.15) is 0 Å². The fraction of sp³-hybridized carbons (Fsp3) is 0.400. The Hall–Kier alpha value is -1.78. The minimum Gasteiger partial charge on any atom is -0.326 e. The second-order valence-corrected chi connectivity index (χ2v) is 4.42. The molecule has 0 fully saturated rings. The van der Waals surface area contributed by atoms with Gasteiger partial charge < -0.3 is 5.32 Å². The molecule has 0 aliphatic heterocycles. The number of carbonyl (C=O) groups is 1. The number of benzene rings is 1.